The second-order valence-corrected chi connectivity index (χ2v) is 8.42. The summed E-state index contributed by atoms with van der Waals surface area (Å²) < 4.78 is 7.21. The van der Waals surface area contributed by atoms with Crippen LogP contribution in [-0.2, 0) is 11.3 Å². The first kappa shape index (κ1) is 19.8. The summed E-state index contributed by atoms with van der Waals surface area (Å²) in [5.41, 5.74) is 0.780. The van der Waals surface area contributed by atoms with E-state index in [4.69, 9.17) is 15.1 Å². The van der Waals surface area contributed by atoms with Crippen LogP contribution in [0.15, 0.2) is 23.4 Å². The van der Waals surface area contributed by atoms with Gasteiger partial charge < -0.3 is 9.72 Å². The van der Waals surface area contributed by atoms with Gasteiger partial charge in [-0.05, 0) is 18.8 Å². The number of H-pyrrole nitrogens is 1. The minimum atomic E-state index is -0.156. The molecule has 31 heavy (non-hydrogen) atoms. The first-order valence-corrected chi connectivity index (χ1v) is 10.6. The molecule has 2 saturated heterocycles. The van der Waals surface area contributed by atoms with Gasteiger partial charge in [0.05, 0.1) is 18.3 Å². The second-order valence-electron chi connectivity index (χ2n) is 8.42. The Hall–Kier alpha value is -3.16. The number of fused-ring (bicyclic) bond motifs is 1. The molecule has 5 rings (SSSR count). The molecule has 2 aliphatic heterocycles. The number of hydrogen-bond donors (Lipinski definition) is 1. The molecule has 5 heterocycles. The Morgan fingerprint density at radius 1 is 1.19 bits per heavy atom. The highest BCUT2D eigenvalue weighted by Crippen LogP contribution is 2.31. The number of likely N-dealkylation sites (tertiary alicyclic amines) is 1. The summed E-state index contributed by atoms with van der Waals surface area (Å²) in [6, 6.07) is 2.03. The normalized spacial score (nSPS) is 22.7. The number of nitrogens with zero attached hydrogens (tertiary/aromatic N) is 7. The van der Waals surface area contributed by atoms with E-state index in [2.05, 4.69) is 31.8 Å². The van der Waals surface area contributed by atoms with E-state index in [0.29, 0.717) is 48.4 Å². The molecule has 10 heteroatoms. The van der Waals surface area contributed by atoms with Crippen LogP contribution in [0, 0.1) is 17.2 Å². The number of aromatic amines is 1. The molecular formula is C21H24N8O2. The zero-order chi connectivity index (χ0) is 21.4. The van der Waals surface area contributed by atoms with Crippen molar-refractivity contribution < 1.29 is 4.74 Å². The number of nitrogens with one attached hydrogen (secondary N) is 1. The highest BCUT2D eigenvalue weighted by molar-refractivity contribution is 5.42. The standard InChI is InChI=1S/C21H24N8O2/c1-13-10-28(12-18-23-7-14(6-22)8-24-18)11-16(13)19-26-21(30)17-9-25-20(29(17)27-19)15-2-4-31-5-3-15/h7-9,13,15-16H,2-5,10-12H2,1H3,(H,26,27,30). The first-order chi connectivity index (χ1) is 15.1. The molecule has 0 radical (unpaired) electrons. The summed E-state index contributed by atoms with van der Waals surface area (Å²) in [4.78, 5) is 31.1. The van der Waals surface area contributed by atoms with Gasteiger partial charge >= 0.3 is 0 Å². The van der Waals surface area contributed by atoms with Crippen molar-refractivity contribution in [3.05, 3.63) is 52.0 Å². The average Bonchev–Trinajstić information content (AvgIpc) is 3.38. The minimum absolute atomic E-state index is 0.0976. The fraction of sp³-hybridized carbons (Fsp3) is 0.524. The smallest absolute Gasteiger partial charge is 0.276 e. The van der Waals surface area contributed by atoms with E-state index in [1.807, 2.05) is 6.07 Å². The van der Waals surface area contributed by atoms with Gasteiger partial charge in [-0.2, -0.15) is 10.4 Å². The summed E-state index contributed by atoms with van der Waals surface area (Å²) in [5.74, 6) is 2.89. The Bertz CT molecular complexity index is 1170. The number of aromatic nitrogens is 6. The first-order valence-electron chi connectivity index (χ1n) is 10.6. The molecule has 1 N–H and O–H groups in total. The Balaban J connectivity index is 1.39. The van der Waals surface area contributed by atoms with Gasteiger partial charge in [-0.25, -0.2) is 19.5 Å². The number of nitriles is 1. The predicted molar refractivity (Wildman–Crippen MR) is 110 cm³/mol. The lowest BCUT2D eigenvalue weighted by Gasteiger charge is -2.21. The van der Waals surface area contributed by atoms with E-state index in [1.165, 1.54) is 0 Å². The van der Waals surface area contributed by atoms with E-state index in [0.717, 1.165) is 31.8 Å². The maximum absolute atomic E-state index is 12.8. The number of hydrogen-bond acceptors (Lipinski definition) is 8. The molecule has 2 atom stereocenters. The molecule has 2 fully saturated rings. The van der Waals surface area contributed by atoms with Crippen molar-refractivity contribution in [1.29, 1.82) is 5.26 Å². The Morgan fingerprint density at radius 2 is 1.97 bits per heavy atom. The fourth-order valence-electron chi connectivity index (χ4n) is 4.58. The summed E-state index contributed by atoms with van der Waals surface area (Å²) in [5, 5.41) is 13.7. The zero-order valence-electron chi connectivity index (χ0n) is 17.4. The van der Waals surface area contributed by atoms with E-state index in [9.17, 15) is 4.79 Å². The number of ether oxygens (including phenoxy) is 1. The van der Waals surface area contributed by atoms with Crippen molar-refractivity contribution in [3.8, 4) is 6.07 Å². The highest BCUT2D eigenvalue weighted by atomic mass is 16.5. The predicted octanol–water partition coefficient (Wildman–Crippen LogP) is 1.21. The molecule has 10 nitrogen and oxygen atoms in total. The molecule has 0 aliphatic carbocycles. The van der Waals surface area contributed by atoms with Crippen LogP contribution in [0.5, 0.6) is 0 Å². The SMILES string of the molecule is CC1CN(Cc2ncc(C#N)cn2)CC1c1nn2c(C3CCOCC3)ncc2c(=O)[nH]1. The van der Waals surface area contributed by atoms with E-state index < -0.39 is 0 Å². The maximum Gasteiger partial charge on any atom is 0.276 e. The van der Waals surface area contributed by atoms with Crippen LogP contribution in [0.1, 0.15) is 54.6 Å². The lowest BCUT2D eigenvalue weighted by Crippen LogP contribution is -2.24. The van der Waals surface area contributed by atoms with E-state index in [1.54, 1.807) is 23.1 Å². The van der Waals surface area contributed by atoms with Crippen LogP contribution >= 0.6 is 0 Å². The molecule has 0 spiro atoms. The third kappa shape index (κ3) is 3.82. The van der Waals surface area contributed by atoms with Gasteiger partial charge in [-0.3, -0.25) is 9.69 Å². The summed E-state index contributed by atoms with van der Waals surface area (Å²) >= 11 is 0. The van der Waals surface area contributed by atoms with Crippen molar-refractivity contribution in [2.45, 2.75) is 38.1 Å². The monoisotopic (exact) mass is 420 g/mol. The minimum Gasteiger partial charge on any atom is -0.381 e. The molecule has 3 aromatic rings. The molecule has 2 unspecified atom stereocenters. The quantitative estimate of drug-likeness (QED) is 0.668. The summed E-state index contributed by atoms with van der Waals surface area (Å²) in [6.45, 7) is 5.79. The Morgan fingerprint density at radius 3 is 2.71 bits per heavy atom. The fourth-order valence-corrected chi connectivity index (χ4v) is 4.58. The number of imidazole rings is 1. The molecular weight excluding hydrogens is 396 g/mol. The van der Waals surface area contributed by atoms with Gasteiger partial charge in [0, 0.05) is 50.5 Å². The van der Waals surface area contributed by atoms with Gasteiger partial charge in [-0.1, -0.05) is 6.92 Å². The van der Waals surface area contributed by atoms with Crippen LogP contribution in [0.2, 0.25) is 0 Å². The summed E-state index contributed by atoms with van der Waals surface area (Å²) in [7, 11) is 0. The maximum atomic E-state index is 12.8. The lowest BCUT2D eigenvalue weighted by atomic mass is 9.97. The van der Waals surface area contributed by atoms with Crippen LogP contribution in [0.4, 0.5) is 0 Å². The third-order valence-corrected chi connectivity index (χ3v) is 6.27. The summed E-state index contributed by atoms with van der Waals surface area (Å²) in [6.07, 6.45) is 6.49. The van der Waals surface area contributed by atoms with Gasteiger partial charge in [-0.15, -0.1) is 0 Å². The van der Waals surface area contributed by atoms with Crippen molar-refractivity contribution in [2.24, 2.45) is 5.92 Å². The van der Waals surface area contributed by atoms with Crippen molar-refractivity contribution in [3.63, 3.8) is 0 Å². The van der Waals surface area contributed by atoms with Crippen molar-refractivity contribution in [2.75, 3.05) is 26.3 Å². The van der Waals surface area contributed by atoms with Crippen LogP contribution in [-0.4, -0.2) is 60.8 Å². The molecule has 3 aromatic heterocycles. The van der Waals surface area contributed by atoms with Gasteiger partial charge in [0.15, 0.2) is 5.52 Å². The van der Waals surface area contributed by atoms with E-state index >= 15 is 0 Å². The second kappa shape index (κ2) is 8.17. The molecule has 0 aromatic carbocycles. The Kier molecular flexibility index (Phi) is 5.21. The molecule has 2 aliphatic rings. The average molecular weight is 420 g/mol. The van der Waals surface area contributed by atoms with Gasteiger partial charge in [0.25, 0.3) is 5.56 Å². The van der Waals surface area contributed by atoms with Gasteiger partial charge in [0.2, 0.25) is 0 Å². The van der Waals surface area contributed by atoms with Crippen molar-refractivity contribution in [1.82, 2.24) is 34.4 Å². The lowest BCUT2D eigenvalue weighted by molar-refractivity contribution is 0.0832. The zero-order valence-corrected chi connectivity index (χ0v) is 17.4. The van der Waals surface area contributed by atoms with Crippen LogP contribution in [0.25, 0.3) is 5.52 Å². The van der Waals surface area contributed by atoms with Crippen LogP contribution < -0.4 is 5.56 Å². The molecule has 0 bridgehead atoms. The molecule has 0 saturated carbocycles. The molecule has 160 valence electrons. The molecule has 0 amide bonds. The topological polar surface area (TPSA) is 125 Å². The Labute approximate surface area is 178 Å². The van der Waals surface area contributed by atoms with Crippen LogP contribution in [0.3, 0.4) is 0 Å². The van der Waals surface area contributed by atoms with E-state index in [-0.39, 0.29) is 17.4 Å². The largest absolute Gasteiger partial charge is 0.381 e. The number of rotatable bonds is 4. The highest BCUT2D eigenvalue weighted by Gasteiger charge is 2.34. The van der Waals surface area contributed by atoms with Gasteiger partial charge in [0.1, 0.15) is 23.5 Å². The van der Waals surface area contributed by atoms with Crippen molar-refractivity contribution >= 4 is 5.52 Å². The third-order valence-electron chi connectivity index (χ3n) is 6.27.